The van der Waals surface area contributed by atoms with Crippen LogP contribution in [0.25, 0.3) is 0 Å². The third kappa shape index (κ3) is 5.51. The molecule has 1 atom stereocenters. The number of anilines is 3. The fourth-order valence-electron chi connectivity index (χ4n) is 3.83. The smallest absolute Gasteiger partial charge is 0.226 e. The van der Waals surface area contributed by atoms with Crippen molar-refractivity contribution in [2.24, 2.45) is 5.92 Å². The Morgan fingerprint density at radius 1 is 1.07 bits per heavy atom. The molecule has 5 heteroatoms. The van der Waals surface area contributed by atoms with Crippen LogP contribution in [0.4, 0.5) is 17.1 Å². The lowest BCUT2D eigenvalue weighted by atomic mass is 10.1. The topological polar surface area (TPSA) is 44.8 Å². The fourth-order valence-corrected chi connectivity index (χ4v) is 3.83. The molecule has 0 radical (unpaired) electrons. The largest absolute Gasteiger partial charge is 0.497 e. The number of carbonyl (C=O) groups is 1. The number of nitrogens with zero attached hydrogens (tertiary/aromatic N) is 2. The highest BCUT2D eigenvalue weighted by Gasteiger charge is 2.22. The Bertz CT molecular complexity index is 798. The molecule has 0 bridgehead atoms. The number of nitrogens with one attached hydrogen (secondary N) is 1. The molecular weight excluding hydrogens is 362 g/mol. The van der Waals surface area contributed by atoms with Crippen LogP contribution < -0.4 is 15.0 Å². The average molecular weight is 396 g/mol. The van der Waals surface area contributed by atoms with Gasteiger partial charge in [0.2, 0.25) is 5.91 Å². The van der Waals surface area contributed by atoms with E-state index in [0.717, 1.165) is 29.4 Å². The number of methoxy groups -OCH3 is 1. The summed E-state index contributed by atoms with van der Waals surface area (Å²) in [6, 6.07) is 16.6. The van der Waals surface area contributed by atoms with Crippen molar-refractivity contribution in [1.29, 1.82) is 0 Å². The molecule has 1 aliphatic rings. The molecule has 0 aliphatic carbocycles. The molecule has 0 saturated carbocycles. The first kappa shape index (κ1) is 21.2. The van der Waals surface area contributed by atoms with Crippen molar-refractivity contribution in [2.75, 3.05) is 37.0 Å². The van der Waals surface area contributed by atoms with Gasteiger partial charge in [0.15, 0.2) is 0 Å². The Kier molecular flexibility index (Phi) is 7.15. The highest BCUT2D eigenvalue weighted by molar-refractivity contribution is 5.92. The minimum Gasteiger partial charge on any atom is -0.497 e. The summed E-state index contributed by atoms with van der Waals surface area (Å²) in [4.78, 5) is 16.9. The summed E-state index contributed by atoms with van der Waals surface area (Å²) < 4.78 is 5.45. The van der Waals surface area contributed by atoms with Gasteiger partial charge in [-0.2, -0.15) is 0 Å². The summed E-state index contributed by atoms with van der Waals surface area (Å²) in [6.07, 6.45) is 2.58. The second-order valence-corrected chi connectivity index (χ2v) is 8.12. The Balaban J connectivity index is 1.86. The number of benzene rings is 2. The third-order valence-corrected chi connectivity index (χ3v) is 5.43. The van der Waals surface area contributed by atoms with Crippen LogP contribution in [-0.2, 0) is 4.79 Å². The van der Waals surface area contributed by atoms with Gasteiger partial charge in [-0.1, -0.05) is 19.9 Å². The molecule has 3 rings (SSSR count). The van der Waals surface area contributed by atoms with E-state index in [1.165, 1.54) is 25.9 Å². The van der Waals surface area contributed by atoms with E-state index in [9.17, 15) is 4.79 Å². The van der Waals surface area contributed by atoms with Gasteiger partial charge < -0.3 is 19.9 Å². The maximum atomic E-state index is 12.0. The zero-order chi connectivity index (χ0) is 20.8. The molecule has 1 saturated heterocycles. The van der Waals surface area contributed by atoms with Gasteiger partial charge in [-0.25, -0.2) is 0 Å². The first-order chi connectivity index (χ1) is 14.0. The molecular formula is C24H33N3O2. The van der Waals surface area contributed by atoms with Crippen LogP contribution in [0.1, 0.15) is 33.6 Å². The van der Waals surface area contributed by atoms with Crippen molar-refractivity contribution in [1.82, 2.24) is 4.90 Å². The maximum Gasteiger partial charge on any atom is 0.226 e. The SMILES string of the molecule is COc1cccc(N(c2ccc(NC(=O)C(C)C)cc2)C(C)CN2CCCC2)c1. The summed E-state index contributed by atoms with van der Waals surface area (Å²) in [5.74, 6) is 0.843. The number of likely N-dealkylation sites (tertiary alicyclic amines) is 1. The highest BCUT2D eigenvalue weighted by Crippen LogP contribution is 2.32. The predicted octanol–water partition coefficient (Wildman–Crippen LogP) is 4.91. The zero-order valence-corrected chi connectivity index (χ0v) is 18.0. The molecule has 0 spiro atoms. The number of hydrogen-bond acceptors (Lipinski definition) is 4. The van der Waals surface area contributed by atoms with E-state index in [-0.39, 0.29) is 11.8 Å². The Labute approximate surface area is 174 Å². The highest BCUT2D eigenvalue weighted by atomic mass is 16.5. The van der Waals surface area contributed by atoms with Crippen LogP contribution in [0.2, 0.25) is 0 Å². The van der Waals surface area contributed by atoms with Gasteiger partial charge in [-0.15, -0.1) is 0 Å². The van der Waals surface area contributed by atoms with E-state index in [1.807, 2.05) is 38.1 Å². The van der Waals surface area contributed by atoms with Crippen LogP contribution in [0.5, 0.6) is 5.75 Å². The minimum absolute atomic E-state index is 0.0322. The second kappa shape index (κ2) is 9.79. The lowest BCUT2D eigenvalue weighted by Crippen LogP contribution is -2.39. The fraction of sp³-hybridized carbons (Fsp3) is 0.458. The number of hydrogen-bond donors (Lipinski definition) is 1. The maximum absolute atomic E-state index is 12.0. The van der Waals surface area contributed by atoms with Crippen molar-refractivity contribution < 1.29 is 9.53 Å². The Morgan fingerprint density at radius 2 is 1.76 bits per heavy atom. The predicted molar refractivity (Wildman–Crippen MR) is 120 cm³/mol. The van der Waals surface area contributed by atoms with Crippen molar-refractivity contribution in [2.45, 2.75) is 39.7 Å². The first-order valence-electron chi connectivity index (χ1n) is 10.5. The van der Waals surface area contributed by atoms with Gasteiger partial charge in [0.05, 0.1) is 7.11 Å². The van der Waals surface area contributed by atoms with E-state index in [0.29, 0.717) is 6.04 Å². The molecule has 1 amide bonds. The summed E-state index contributed by atoms with van der Waals surface area (Å²) in [5.41, 5.74) is 3.03. The van der Waals surface area contributed by atoms with E-state index in [1.54, 1.807) is 7.11 Å². The van der Waals surface area contributed by atoms with Gasteiger partial charge >= 0.3 is 0 Å². The average Bonchev–Trinajstić information content (AvgIpc) is 3.22. The van der Waals surface area contributed by atoms with E-state index in [4.69, 9.17) is 4.74 Å². The summed E-state index contributed by atoms with van der Waals surface area (Å²) in [5, 5.41) is 2.97. The van der Waals surface area contributed by atoms with E-state index >= 15 is 0 Å². The molecule has 1 unspecified atom stereocenters. The molecule has 1 N–H and O–H groups in total. The lowest BCUT2D eigenvalue weighted by Gasteiger charge is -2.34. The Hall–Kier alpha value is -2.53. The van der Waals surface area contributed by atoms with Crippen LogP contribution in [0.15, 0.2) is 48.5 Å². The van der Waals surface area contributed by atoms with Crippen molar-refractivity contribution in [3.05, 3.63) is 48.5 Å². The molecule has 1 heterocycles. The zero-order valence-electron chi connectivity index (χ0n) is 18.0. The summed E-state index contributed by atoms with van der Waals surface area (Å²) in [7, 11) is 1.70. The normalized spacial score (nSPS) is 15.3. The van der Waals surface area contributed by atoms with E-state index < -0.39 is 0 Å². The molecule has 2 aromatic carbocycles. The van der Waals surface area contributed by atoms with Crippen LogP contribution in [-0.4, -0.2) is 43.6 Å². The minimum atomic E-state index is -0.0385. The summed E-state index contributed by atoms with van der Waals surface area (Å²) in [6.45, 7) is 9.44. The lowest BCUT2D eigenvalue weighted by molar-refractivity contribution is -0.118. The van der Waals surface area contributed by atoms with Crippen molar-refractivity contribution in [3.8, 4) is 5.75 Å². The van der Waals surface area contributed by atoms with Crippen LogP contribution in [0, 0.1) is 5.92 Å². The van der Waals surface area contributed by atoms with Crippen molar-refractivity contribution in [3.63, 3.8) is 0 Å². The van der Waals surface area contributed by atoms with Gasteiger partial charge in [-0.05, 0) is 69.3 Å². The standard InChI is InChI=1S/C24H33N3O2/c1-18(2)24(28)25-20-10-12-21(13-11-20)27(19(3)17-26-14-5-6-15-26)22-8-7-9-23(16-22)29-4/h7-13,16,18-19H,5-6,14-15,17H2,1-4H3,(H,25,28). The van der Waals surface area contributed by atoms with E-state index in [2.05, 4.69) is 46.3 Å². The molecule has 29 heavy (non-hydrogen) atoms. The molecule has 5 nitrogen and oxygen atoms in total. The molecule has 0 aromatic heterocycles. The Morgan fingerprint density at radius 3 is 2.38 bits per heavy atom. The number of carbonyl (C=O) groups excluding carboxylic acids is 1. The number of ether oxygens (including phenoxy) is 1. The van der Waals surface area contributed by atoms with Gasteiger partial charge in [-0.3, -0.25) is 4.79 Å². The summed E-state index contributed by atoms with van der Waals surface area (Å²) >= 11 is 0. The molecule has 1 aliphatic heterocycles. The number of amides is 1. The van der Waals surface area contributed by atoms with Gasteiger partial charge in [0, 0.05) is 41.6 Å². The van der Waals surface area contributed by atoms with Crippen molar-refractivity contribution >= 4 is 23.0 Å². The second-order valence-electron chi connectivity index (χ2n) is 8.12. The third-order valence-electron chi connectivity index (χ3n) is 5.43. The van der Waals surface area contributed by atoms with Crippen LogP contribution in [0.3, 0.4) is 0 Å². The number of rotatable bonds is 8. The first-order valence-corrected chi connectivity index (χ1v) is 10.5. The van der Waals surface area contributed by atoms with Gasteiger partial charge in [0.1, 0.15) is 5.75 Å². The molecule has 156 valence electrons. The van der Waals surface area contributed by atoms with Crippen LogP contribution >= 0.6 is 0 Å². The molecule has 1 fully saturated rings. The van der Waals surface area contributed by atoms with Gasteiger partial charge in [0.25, 0.3) is 0 Å². The quantitative estimate of drug-likeness (QED) is 0.690. The monoisotopic (exact) mass is 395 g/mol. The molecule has 2 aromatic rings.